The number of nitrogens with one attached hydrogen (secondary N) is 1. The molecule has 1 saturated carbocycles. The third-order valence-electron chi connectivity index (χ3n) is 3.38. The Morgan fingerprint density at radius 3 is 2.83 bits per heavy atom. The van der Waals surface area contributed by atoms with Crippen LogP contribution in [-0.2, 0) is 11.3 Å². The van der Waals surface area contributed by atoms with Crippen LogP contribution in [0.1, 0.15) is 30.8 Å². The first kappa shape index (κ1) is 12.9. The lowest BCUT2D eigenvalue weighted by Crippen LogP contribution is -2.52. The summed E-state index contributed by atoms with van der Waals surface area (Å²) in [6, 6.07) is 1.78. The van der Waals surface area contributed by atoms with Gasteiger partial charge in [-0.2, -0.15) is 0 Å². The molecule has 0 unspecified atom stereocenters. The van der Waals surface area contributed by atoms with Crippen LogP contribution in [0.4, 0.5) is 0 Å². The number of carbonyl (C=O) groups excluding carboxylic acids is 1. The zero-order valence-corrected chi connectivity index (χ0v) is 11.1. The van der Waals surface area contributed by atoms with E-state index >= 15 is 0 Å². The van der Waals surface area contributed by atoms with E-state index in [1.54, 1.807) is 12.3 Å². The molecule has 1 aliphatic rings. The first-order valence-electron chi connectivity index (χ1n) is 5.91. The van der Waals surface area contributed by atoms with Crippen LogP contribution in [0.25, 0.3) is 0 Å². The van der Waals surface area contributed by atoms with Crippen molar-refractivity contribution in [3.8, 4) is 0 Å². The number of thiocarbonyl (C=S) groups is 1. The summed E-state index contributed by atoms with van der Waals surface area (Å²) >= 11 is 5.00. The van der Waals surface area contributed by atoms with E-state index < -0.39 is 5.41 Å². The predicted octanol–water partition coefficient (Wildman–Crippen LogP) is 0.858. The molecular weight excluding hydrogens is 248 g/mol. The van der Waals surface area contributed by atoms with E-state index in [0.29, 0.717) is 17.4 Å². The number of nitrogens with two attached hydrogens (primary N) is 1. The summed E-state index contributed by atoms with van der Waals surface area (Å²) in [5.41, 5.74) is 5.83. The molecule has 0 atom stereocenters. The van der Waals surface area contributed by atoms with Gasteiger partial charge >= 0.3 is 0 Å². The van der Waals surface area contributed by atoms with Gasteiger partial charge in [0.05, 0.1) is 22.6 Å². The van der Waals surface area contributed by atoms with Crippen molar-refractivity contribution in [2.24, 2.45) is 11.1 Å². The molecule has 1 aromatic heterocycles. The molecule has 0 radical (unpaired) electrons. The molecule has 0 saturated heterocycles. The molecule has 0 bridgehead atoms. The molecule has 1 amide bonds. The van der Waals surface area contributed by atoms with Gasteiger partial charge in [-0.1, -0.05) is 18.6 Å². The lowest BCUT2D eigenvalue weighted by atomic mass is 9.68. The highest BCUT2D eigenvalue weighted by Crippen LogP contribution is 2.41. The number of aryl methyl sites for hydroxylation is 1. The summed E-state index contributed by atoms with van der Waals surface area (Å²) in [4.78, 5) is 20.7. The largest absolute Gasteiger partial charge is 0.392 e. The van der Waals surface area contributed by atoms with Gasteiger partial charge in [0, 0.05) is 6.20 Å². The van der Waals surface area contributed by atoms with Gasteiger partial charge in [0.1, 0.15) is 5.82 Å². The van der Waals surface area contributed by atoms with Crippen molar-refractivity contribution in [1.82, 2.24) is 15.3 Å². The van der Waals surface area contributed by atoms with Crippen LogP contribution >= 0.6 is 12.2 Å². The van der Waals surface area contributed by atoms with Crippen LogP contribution in [0.5, 0.6) is 0 Å². The monoisotopic (exact) mass is 264 g/mol. The molecule has 1 aromatic rings. The first-order chi connectivity index (χ1) is 8.54. The number of amides is 1. The van der Waals surface area contributed by atoms with Gasteiger partial charge in [0.25, 0.3) is 0 Å². The van der Waals surface area contributed by atoms with Crippen molar-refractivity contribution in [3.63, 3.8) is 0 Å². The number of hydrogen-bond acceptors (Lipinski definition) is 4. The SMILES string of the molecule is Cc1nccc(CNC(=O)C2(C(N)=S)CCC2)n1. The molecule has 3 N–H and O–H groups in total. The minimum absolute atomic E-state index is 0.0856. The fraction of sp³-hybridized carbons (Fsp3) is 0.500. The van der Waals surface area contributed by atoms with Crippen LogP contribution in [0.15, 0.2) is 12.3 Å². The smallest absolute Gasteiger partial charge is 0.233 e. The third kappa shape index (κ3) is 2.33. The quantitative estimate of drug-likeness (QED) is 0.788. The van der Waals surface area contributed by atoms with Crippen LogP contribution in [0.2, 0.25) is 0 Å². The highest BCUT2D eigenvalue weighted by atomic mass is 32.1. The average molecular weight is 264 g/mol. The number of hydrogen-bond donors (Lipinski definition) is 2. The van der Waals surface area contributed by atoms with E-state index in [-0.39, 0.29) is 5.91 Å². The zero-order chi connectivity index (χ0) is 13.2. The molecule has 0 aliphatic heterocycles. The van der Waals surface area contributed by atoms with Crippen molar-refractivity contribution in [3.05, 3.63) is 23.8 Å². The first-order valence-corrected chi connectivity index (χ1v) is 6.32. The molecule has 18 heavy (non-hydrogen) atoms. The zero-order valence-electron chi connectivity index (χ0n) is 10.3. The number of aromatic nitrogens is 2. The Kier molecular flexibility index (Phi) is 3.56. The van der Waals surface area contributed by atoms with Crippen molar-refractivity contribution in [2.75, 3.05) is 0 Å². The van der Waals surface area contributed by atoms with Crippen LogP contribution in [0.3, 0.4) is 0 Å². The third-order valence-corrected chi connectivity index (χ3v) is 3.77. The molecule has 96 valence electrons. The summed E-state index contributed by atoms with van der Waals surface area (Å²) in [6.45, 7) is 2.19. The maximum Gasteiger partial charge on any atom is 0.233 e. The van der Waals surface area contributed by atoms with Crippen molar-refractivity contribution < 1.29 is 4.79 Å². The van der Waals surface area contributed by atoms with E-state index in [9.17, 15) is 4.79 Å². The number of rotatable bonds is 4. The summed E-state index contributed by atoms with van der Waals surface area (Å²) in [5, 5.41) is 2.85. The lowest BCUT2D eigenvalue weighted by molar-refractivity contribution is -0.131. The van der Waals surface area contributed by atoms with Gasteiger partial charge in [-0.3, -0.25) is 4.79 Å². The van der Waals surface area contributed by atoms with Gasteiger partial charge in [-0.15, -0.1) is 0 Å². The molecule has 5 nitrogen and oxygen atoms in total. The van der Waals surface area contributed by atoms with Gasteiger partial charge in [-0.25, -0.2) is 9.97 Å². The van der Waals surface area contributed by atoms with E-state index in [2.05, 4.69) is 15.3 Å². The Labute approximate surface area is 111 Å². The summed E-state index contributed by atoms with van der Waals surface area (Å²) in [5.74, 6) is 0.604. The molecule has 1 heterocycles. The van der Waals surface area contributed by atoms with E-state index in [1.165, 1.54) is 0 Å². The Morgan fingerprint density at radius 1 is 1.61 bits per heavy atom. The minimum Gasteiger partial charge on any atom is -0.392 e. The van der Waals surface area contributed by atoms with Crippen LogP contribution < -0.4 is 11.1 Å². The van der Waals surface area contributed by atoms with Crippen LogP contribution in [0, 0.1) is 12.3 Å². The maximum atomic E-state index is 12.1. The Balaban J connectivity index is 1.98. The highest BCUT2D eigenvalue weighted by Gasteiger charge is 2.46. The fourth-order valence-corrected chi connectivity index (χ4v) is 2.36. The topological polar surface area (TPSA) is 80.9 Å². The summed E-state index contributed by atoms with van der Waals surface area (Å²) < 4.78 is 0. The predicted molar refractivity (Wildman–Crippen MR) is 71.7 cm³/mol. The Hall–Kier alpha value is -1.56. The van der Waals surface area contributed by atoms with Crippen LogP contribution in [-0.4, -0.2) is 20.9 Å². The van der Waals surface area contributed by atoms with E-state index in [4.69, 9.17) is 18.0 Å². The summed E-state index contributed by atoms with van der Waals surface area (Å²) in [6.07, 6.45) is 4.17. The average Bonchev–Trinajstić information content (AvgIpc) is 2.24. The minimum atomic E-state index is -0.628. The number of nitrogens with zero attached hydrogens (tertiary/aromatic N) is 2. The molecule has 0 spiro atoms. The molecular formula is C12H16N4OS. The molecule has 6 heteroatoms. The molecule has 1 fully saturated rings. The molecule has 0 aromatic carbocycles. The fourth-order valence-electron chi connectivity index (χ4n) is 2.06. The van der Waals surface area contributed by atoms with Crippen molar-refractivity contribution >= 4 is 23.1 Å². The number of carbonyl (C=O) groups is 1. The van der Waals surface area contributed by atoms with E-state index in [0.717, 1.165) is 25.0 Å². The second-order valence-electron chi connectivity index (χ2n) is 4.58. The molecule has 1 aliphatic carbocycles. The Bertz CT molecular complexity index is 485. The van der Waals surface area contributed by atoms with Gasteiger partial charge < -0.3 is 11.1 Å². The lowest BCUT2D eigenvalue weighted by Gasteiger charge is -2.39. The maximum absolute atomic E-state index is 12.1. The van der Waals surface area contributed by atoms with Gasteiger partial charge in [-0.05, 0) is 25.8 Å². The molecule has 2 rings (SSSR count). The Morgan fingerprint density at radius 2 is 2.33 bits per heavy atom. The van der Waals surface area contributed by atoms with Crippen molar-refractivity contribution in [2.45, 2.75) is 32.7 Å². The van der Waals surface area contributed by atoms with Crippen molar-refractivity contribution in [1.29, 1.82) is 0 Å². The highest BCUT2D eigenvalue weighted by molar-refractivity contribution is 7.80. The normalized spacial score (nSPS) is 16.7. The van der Waals surface area contributed by atoms with E-state index in [1.807, 2.05) is 6.92 Å². The van der Waals surface area contributed by atoms with Gasteiger partial charge in [0.15, 0.2) is 0 Å². The second-order valence-corrected chi connectivity index (χ2v) is 5.02. The summed E-state index contributed by atoms with van der Waals surface area (Å²) in [7, 11) is 0. The standard InChI is InChI=1S/C12H16N4OS/c1-8-14-6-3-9(16-8)7-15-11(17)12(10(13)18)4-2-5-12/h3,6H,2,4-5,7H2,1H3,(H2,13,18)(H,15,17). The van der Waals surface area contributed by atoms with Gasteiger partial charge in [0.2, 0.25) is 5.91 Å². The second kappa shape index (κ2) is 4.97.